The minimum Gasteiger partial charge on any atom is -0.496 e. The molecule has 27 heavy (non-hydrogen) atoms. The van der Waals surface area contributed by atoms with E-state index in [0.717, 1.165) is 30.9 Å². The molecule has 1 N–H and O–H groups in total. The van der Waals surface area contributed by atoms with Crippen LogP contribution in [0.1, 0.15) is 29.2 Å². The molecule has 2 aliphatic rings. The molecule has 142 valence electrons. The lowest BCUT2D eigenvalue weighted by Crippen LogP contribution is -2.35. The largest absolute Gasteiger partial charge is 0.496 e. The molecule has 0 unspecified atom stereocenters. The molecule has 0 aromatic heterocycles. The Balaban J connectivity index is 1.54. The highest BCUT2D eigenvalue weighted by Crippen LogP contribution is 2.43. The van der Waals surface area contributed by atoms with E-state index in [0.29, 0.717) is 24.7 Å². The number of carbonyl (C=O) groups excluding carboxylic acids is 1. The van der Waals surface area contributed by atoms with Gasteiger partial charge in [0.2, 0.25) is 5.91 Å². The van der Waals surface area contributed by atoms with E-state index in [1.165, 1.54) is 11.1 Å². The average molecular weight is 364 g/mol. The van der Waals surface area contributed by atoms with Gasteiger partial charge in [0.05, 0.1) is 13.2 Å². The van der Waals surface area contributed by atoms with Crippen molar-refractivity contribution in [3.05, 3.63) is 65.2 Å². The quantitative estimate of drug-likeness (QED) is 0.885. The van der Waals surface area contributed by atoms with Crippen LogP contribution < -0.4 is 10.1 Å². The summed E-state index contributed by atoms with van der Waals surface area (Å²) in [5.41, 5.74) is 3.68. The predicted octanol–water partition coefficient (Wildman–Crippen LogP) is 3.36. The number of para-hydroxylation sites is 1. The third-order valence-electron chi connectivity index (χ3n) is 6.19. The predicted molar refractivity (Wildman–Crippen MR) is 107 cm³/mol. The zero-order valence-electron chi connectivity index (χ0n) is 16.2. The molecule has 0 radical (unpaired) electrons. The average Bonchev–Trinajstić information content (AvgIpc) is 3.28. The van der Waals surface area contributed by atoms with Gasteiger partial charge < -0.3 is 15.0 Å². The summed E-state index contributed by atoms with van der Waals surface area (Å²) in [5.74, 6) is 2.19. The minimum atomic E-state index is 0.191. The van der Waals surface area contributed by atoms with Gasteiger partial charge in [-0.05, 0) is 42.0 Å². The van der Waals surface area contributed by atoms with Crippen molar-refractivity contribution in [1.29, 1.82) is 0 Å². The maximum absolute atomic E-state index is 13.2. The lowest BCUT2D eigenvalue weighted by atomic mass is 9.87. The fraction of sp³-hybridized carbons (Fsp3) is 0.435. The van der Waals surface area contributed by atoms with Crippen molar-refractivity contribution in [2.45, 2.75) is 25.8 Å². The van der Waals surface area contributed by atoms with Crippen LogP contribution in [0.4, 0.5) is 0 Å². The highest BCUT2D eigenvalue weighted by atomic mass is 16.5. The van der Waals surface area contributed by atoms with Gasteiger partial charge in [0, 0.05) is 32.0 Å². The molecular formula is C23H28N2O2. The molecule has 2 aliphatic heterocycles. The zero-order chi connectivity index (χ0) is 18.8. The van der Waals surface area contributed by atoms with Gasteiger partial charge in [-0.15, -0.1) is 0 Å². The highest BCUT2D eigenvalue weighted by Gasteiger charge is 2.46. The molecule has 2 aromatic carbocycles. The zero-order valence-corrected chi connectivity index (χ0v) is 16.2. The number of likely N-dealkylation sites (tertiary alicyclic amines) is 1. The Hall–Kier alpha value is -2.33. The van der Waals surface area contributed by atoms with Crippen LogP contribution in [0, 0.1) is 18.8 Å². The van der Waals surface area contributed by atoms with E-state index < -0.39 is 0 Å². The molecular weight excluding hydrogens is 336 g/mol. The van der Waals surface area contributed by atoms with E-state index in [4.69, 9.17) is 4.74 Å². The normalized spacial score (nSPS) is 24.1. The number of amides is 1. The molecule has 2 aromatic rings. The van der Waals surface area contributed by atoms with Gasteiger partial charge in [-0.2, -0.15) is 0 Å². The number of hydrogen-bond acceptors (Lipinski definition) is 3. The van der Waals surface area contributed by atoms with Crippen LogP contribution in [0.15, 0.2) is 48.5 Å². The minimum absolute atomic E-state index is 0.191. The number of ether oxygens (including phenoxy) is 1. The number of fused-ring (bicyclic) bond motifs is 1. The summed E-state index contributed by atoms with van der Waals surface area (Å²) in [7, 11) is 1.68. The number of methoxy groups -OCH3 is 1. The smallest absolute Gasteiger partial charge is 0.223 e. The Morgan fingerprint density at radius 2 is 1.93 bits per heavy atom. The van der Waals surface area contributed by atoms with Crippen LogP contribution in [0.3, 0.4) is 0 Å². The first-order valence-corrected chi connectivity index (χ1v) is 9.86. The first-order chi connectivity index (χ1) is 13.2. The number of hydrogen-bond donors (Lipinski definition) is 1. The van der Waals surface area contributed by atoms with Gasteiger partial charge in [0.1, 0.15) is 5.75 Å². The van der Waals surface area contributed by atoms with E-state index in [-0.39, 0.29) is 11.9 Å². The number of nitrogens with one attached hydrogen (secondary N) is 1. The Bertz CT molecular complexity index is 820. The molecule has 0 spiro atoms. The number of rotatable bonds is 5. The van der Waals surface area contributed by atoms with Crippen LogP contribution in [0.5, 0.6) is 5.75 Å². The lowest BCUT2D eigenvalue weighted by molar-refractivity contribution is -0.132. The molecule has 3 atom stereocenters. The molecule has 4 nitrogen and oxygen atoms in total. The third-order valence-corrected chi connectivity index (χ3v) is 6.19. The van der Waals surface area contributed by atoms with Gasteiger partial charge in [-0.3, -0.25) is 4.79 Å². The molecule has 0 aliphatic carbocycles. The van der Waals surface area contributed by atoms with Crippen LogP contribution >= 0.6 is 0 Å². The number of nitrogens with zero attached hydrogens (tertiary/aromatic N) is 1. The van der Waals surface area contributed by atoms with E-state index in [1.54, 1.807) is 7.11 Å². The van der Waals surface area contributed by atoms with Crippen molar-refractivity contribution in [3.63, 3.8) is 0 Å². The topological polar surface area (TPSA) is 41.6 Å². The summed E-state index contributed by atoms with van der Waals surface area (Å²) in [6, 6.07) is 16.7. The first-order valence-electron chi connectivity index (χ1n) is 9.86. The molecule has 2 heterocycles. The van der Waals surface area contributed by atoms with Gasteiger partial charge >= 0.3 is 0 Å². The lowest BCUT2D eigenvalue weighted by Gasteiger charge is -2.29. The highest BCUT2D eigenvalue weighted by molar-refractivity contribution is 5.77. The SMILES string of the molecule is COc1ccccc1CCC(=O)N1C[C@@H]2CNC[C@@H]2[C@H]1c1ccccc1C. The summed E-state index contributed by atoms with van der Waals surface area (Å²) in [4.78, 5) is 15.4. The molecule has 2 saturated heterocycles. The monoisotopic (exact) mass is 364 g/mol. The van der Waals surface area contributed by atoms with E-state index in [2.05, 4.69) is 41.4 Å². The number of aryl methyl sites for hydroxylation is 2. The Labute approximate surface area is 161 Å². The van der Waals surface area contributed by atoms with Crippen LogP contribution in [-0.2, 0) is 11.2 Å². The summed E-state index contributed by atoms with van der Waals surface area (Å²) >= 11 is 0. The molecule has 4 heteroatoms. The first kappa shape index (κ1) is 18.1. The van der Waals surface area contributed by atoms with Gasteiger partial charge in [-0.25, -0.2) is 0 Å². The molecule has 4 rings (SSSR count). The van der Waals surface area contributed by atoms with Crippen LogP contribution in [0.2, 0.25) is 0 Å². The molecule has 2 fully saturated rings. The van der Waals surface area contributed by atoms with Crippen LogP contribution in [-0.4, -0.2) is 37.6 Å². The van der Waals surface area contributed by atoms with Crippen molar-refractivity contribution in [2.24, 2.45) is 11.8 Å². The van der Waals surface area contributed by atoms with Crippen molar-refractivity contribution < 1.29 is 9.53 Å². The number of carbonyl (C=O) groups is 1. The second kappa shape index (κ2) is 7.73. The fourth-order valence-electron chi connectivity index (χ4n) is 4.79. The third kappa shape index (κ3) is 3.46. The van der Waals surface area contributed by atoms with Crippen molar-refractivity contribution >= 4 is 5.91 Å². The second-order valence-corrected chi connectivity index (χ2v) is 7.74. The van der Waals surface area contributed by atoms with Crippen molar-refractivity contribution in [2.75, 3.05) is 26.7 Å². The maximum Gasteiger partial charge on any atom is 0.223 e. The fourth-order valence-corrected chi connectivity index (χ4v) is 4.79. The van der Waals surface area contributed by atoms with Crippen LogP contribution in [0.25, 0.3) is 0 Å². The molecule has 0 saturated carbocycles. The molecule has 0 bridgehead atoms. The van der Waals surface area contributed by atoms with E-state index >= 15 is 0 Å². The van der Waals surface area contributed by atoms with Gasteiger partial charge in [0.25, 0.3) is 0 Å². The summed E-state index contributed by atoms with van der Waals surface area (Å²) in [6.45, 7) is 5.03. The Morgan fingerprint density at radius 3 is 2.74 bits per heavy atom. The van der Waals surface area contributed by atoms with Crippen molar-refractivity contribution in [3.8, 4) is 5.75 Å². The standard InChI is InChI=1S/C23H28N2O2/c1-16-7-3-5-9-19(16)23-20-14-24-13-18(20)15-25(23)22(26)12-11-17-8-4-6-10-21(17)27-2/h3-10,18,20,23-24H,11-15H2,1-2H3/t18-,20-,23+/m0/s1. The molecule has 1 amide bonds. The van der Waals surface area contributed by atoms with E-state index in [1.807, 2.05) is 24.3 Å². The van der Waals surface area contributed by atoms with E-state index in [9.17, 15) is 4.79 Å². The summed E-state index contributed by atoms with van der Waals surface area (Å²) in [5, 5.41) is 3.52. The van der Waals surface area contributed by atoms with Gasteiger partial charge in [0.15, 0.2) is 0 Å². The Morgan fingerprint density at radius 1 is 1.15 bits per heavy atom. The second-order valence-electron chi connectivity index (χ2n) is 7.74. The number of benzene rings is 2. The van der Waals surface area contributed by atoms with Crippen molar-refractivity contribution in [1.82, 2.24) is 10.2 Å². The van der Waals surface area contributed by atoms with Gasteiger partial charge in [-0.1, -0.05) is 42.5 Å². The summed E-state index contributed by atoms with van der Waals surface area (Å²) < 4.78 is 5.44. The Kier molecular flexibility index (Phi) is 5.17. The summed E-state index contributed by atoms with van der Waals surface area (Å²) in [6.07, 6.45) is 1.24. The maximum atomic E-state index is 13.2.